The monoisotopic (exact) mass is 341 g/mol. The van der Waals surface area contributed by atoms with E-state index in [2.05, 4.69) is 51.1 Å². The van der Waals surface area contributed by atoms with Gasteiger partial charge in [0.1, 0.15) is 11.6 Å². The van der Waals surface area contributed by atoms with Crippen LogP contribution < -0.4 is 5.32 Å². The molecule has 1 aliphatic rings. The number of nitrogens with zero attached hydrogens (tertiary/aromatic N) is 4. The smallest absolute Gasteiger partial charge is 0.130 e. The number of rotatable bonds is 6. The second-order valence-electron chi connectivity index (χ2n) is 6.71. The van der Waals surface area contributed by atoms with Crippen LogP contribution in [-0.2, 0) is 4.74 Å². The van der Waals surface area contributed by atoms with E-state index in [4.69, 9.17) is 4.74 Å². The van der Waals surface area contributed by atoms with Crippen LogP contribution in [0, 0.1) is 6.92 Å². The molecule has 25 heavy (non-hydrogen) atoms. The zero-order chi connectivity index (χ0) is 17.6. The van der Waals surface area contributed by atoms with Crippen LogP contribution in [0.4, 0.5) is 5.82 Å². The van der Waals surface area contributed by atoms with Gasteiger partial charge in [-0.2, -0.15) is 0 Å². The van der Waals surface area contributed by atoms with Gasteiger partial charge >= 0.3 is 0 Å². The molecule has 134 valence electrons. The lowest BCUT2D eigenvalue weighted by Crippen LogP contribution is -2.41. The van der Waals surface area contributed by atoms with Crippen molar-refractivity contribution >= 4 is 5.82 Å². The van der Waals surface area contributed by atoms with Gasteiger partial charge in [0.2, 0.25) is 0 Å². The molecule has 1 N–H and O–H groups in total. The highest BCUT2D eigenvalue weighted by atomic mass is 16.5. The normalized spacial score (nSPS) is 16.8. The number of pyridine rings is 1. The topological polar surface area (TPSA) is 63.2 Å². The molecule has 2 aromatic rings. The summed E-state index contributed by atoms with van der Waals surface area (Å²) in [7, 11) is 0. The lowest BCUT2D eigenvalue weighted by molar-refractivity contribution is 0.0186. The molecule has 2 aromatic heterocycles. The highest BCUT2D eigenvalue weighted by Gasteiger charge is 2.23. The van der Waals surface area contributed by atoms with Crippen molar-refractivity contribution in [2.24, 2.45) is 0 Å². The molecule has 0 amide bonds. The summed E-state index contributed by atoms with van der Waals surface area (Å²) >= 11 is 0. The predicted molar refractivity (Wildman–Crippen MR) is 98.7 cm³/mol. The highest BCUT2D eigenvalue weighted by Crippen LogP contribution is 2.22. The molecule has 0 saturated carbocycles. The van der Waals surface area contributed by atoms with Crippen LogP contribution in [0.1, 0.15) is 42.9 Å². The van der Waals surface area contributed by atoms with Crippen molar-refractivity contribution in [2.75, 3.05) is 38.2 Å². The van der Waals surface area contributed by atoms with E-state index in [1.165, 1.54) is 5.56 Å². The van der Waals surface area contributed by atoms with Crippen LogP contribution in [0.5, 0.6) is 0 Å². The summed E-state index contributed by atoms with van der Waals surface area (Å²) in [5, 5.41) is 3.52. The molecule has 1 fully saturated rings. The Balaban J connectivity index is 1.76. The minimum absolute atomic E-state index is 0.246. The largest absolute Gasteiger partial charge is 0.379 e. The standard InChI is InChI=1S/C19H27N5O/c1-14(2)17-11-19(23-15(3)22-17)21-13-18(16-5-4-6-20-12-16)24-7-9-25-10-8-24/h4-6,11-12,14,18H,7-10,13H2,1-3H3,(H,21,22,23)/t18-/m0/s1. The quantitative estimate of drug-likeness (QED) is 0.872. The number of ether oxygens (including phenoxy) is 1. The van der Waals surface area contributed by atoms with Crippen molar-refractivity contribution in [3.8, 4) is 0 Å². The minimum Gasteiger partial charge on any atom is -0.379 e. The van der Waals surface area contributed by atoms with E-state index in [0.29, 0.717) is 5.92 Å². The molecule has 6 heteroatoms. The number of nitrogens with one attached hydrogen (secondary N) is 1. The third-order valence-corrected chi connectivity index (χ3v) is 4.48. The van der Waals surface area contributed by atoms with Crippen molar-refractivity contribution in [3.05, 3.63) is 47.7 Å². The fourth-order valence-electron chi connectivity index (χ4n) is 3.10. The van der Waals surface area contributed by atoms with Crippen LogP contribution in [0.2, 0.25) is 0 Å². The zero-order valence-corrected chi connectivity index (χ0v) is 15.3. The third-order valence-electron chi connectivity index (χ3n) is 4.48. The maximum Gasteiger partial charge on any atom is 0.130 e. The van der Waals surface area contributed by atoms with Gasteiger partial charge in [0, 0.05) is 43.8 Å². The fraction of sp³-hybridized carbons (Fsp3) is 0.526. The summed E-state index contributed by atoms with van der Waals surface area (Å²) in [5.74, 6) is 2.08. The highest BCUT2D eigenvalue weighted by molar-refractivity contribution is 5.37. The Morgan fingerprint density at radius 3 is 2.72 bits per heavy atom. The number of morpholine rings is 1. The summed E-state index contributed by atoms with van der Waals surface area (Å²) in [6.45, 7) is 10.4. The van der Waals surface area contributed by atoms with Gasteiger partial charge < -0.3 is 10.1 Å². The van der Waals surface area contributed by atoms with Crippen molar-refractivity contribution in [1.82, 2.24) is 19.9 Å². The lowest BCUT2D eigenvalue weighted by atomic mass is 10.1. The molecule has 1 saturated heterocycles. The SMILES string of the molecule is Cc1nc(NC[C@@H](c2cccnc2)N2CCOCC2)cc(C(C)C)n1. The lowest BCUT2D eigenvalue weighted by Gasteiger charge is -2.34. The first-order chi connectivity index (χ1) is 12.1. The second kappa shape index (κ2) is 8.36. The third kappa shape index (κ3) is 4.74. The molecule has 1 aliphatic heterocycles. The molecule has 1 atom stereocenters. The van der Waals surface area contributed by atoms with Gasteiger partial charge in [-0.15, -0.1) is 0 Å². The van der Waals surface area contributed by atoms with Gasteiger partial charge in [0.15, 0.2) is 0 Å². The minimum atomic E-state index is 0.246. The summed E-state index contributed by atoms with van der Waals surface area (Å²) in [5.41, 5.74) is 2.28. The molecular formula is C19H27N5O. The molecule has 0 unspecified atom stereocenters. The summed E-state index contributed by atoms with van der Waals surface area (Å²) in [6, 6.07) is 6.43. The average Bonchev–Trinajstić information content (AvgIpc) is 2.63. The van der Waals surface area contributed by atoms with E-state index in [9.17, 15) is 0 Å². The predicted octanol–water partition coefficient (Wildman–Crippen LogP) is 2.79. The van der Waals surface area contributed by atoms with Crippen LogP contribution in [0.3, 0.4) is 0 Å². The first kappa shape index (κ1) is 17.8. The zero-order valence-electron chi connectivity index (χ0n) is 15.3. The van der Waals surface area contributed by atoms with E-state index < -0.39 is 0 Å². The van der Waals surface area contributed by atoms with E-state index in [1.807, 2.05) is 25.4 Å². The van der Waals surface area contributed by atoms with E-state index in [0.717, 1.165) is 50.2 Å². The van der Waals surface area contributed by atoms with Gasteiger partial charge in [-0.1, -0.05) is 19.9 Å². The van der Waals surface area contributed by atoms with Gasteiger partial charge in [-0.3, -0.25) is 9.88 Å². The first-order valence-electron chi connectivity index (χ1n) is 8.94. The Morgan fingerprint density at radius 2 is 2.04 bits per heavy atom. The molecule has 3 rings (SSSR count). The fourth-order valence-corrected chi connectivity index (χ4v) is 3.10. The second-order valence-corrected chi connectivity index (χ2v) is 6.71. The Hall–Kier alpha value is -2.05. The maximum atomic E-state index is 5.51. The Kier molecular flexibility index (Phi) is 5.94. The van der Waals surface area contributed by atoms with Crippen molar-refractivity contribution in [3.63, 3.8) is 0 Å². The van der Waals surface area contributed by atoms with Crippen LogP contribution in [0.15, 0.2) is 30.6 Å². The van der Waals surface area contributed by atoms with Crippen molar-refractivity contribution < 1.29 is 4.74 Å². The summed E-state index contributed by atoms with van der Waals surface area (Å²) in [4.78, 5) is 15.8. The van der Waals surface area contributed by atoms with Gasteiger partial charge in [0.25, 0.3) is 0 Å². The van der Waals surface area contributed by atoms with Crippen molar-refractivity contribution in [2.45, 2.75) is 32.7 Å². The van der Waals surface area contributed by atoms with Gasteiger partial charge in [0.05, 0.1) is 19.3 Å². The van der Waals surface area contributed by atoms with Crippen LogP contribution in [-0.4, -0.2) is 52.7 Å². The number of hydrogen-bond acceptors (Lipinski definition) is 6. The molecule has 0 radical (unpaired) electrons. The van der Waals surface area contributed by atoms with Crippen LogP contribution >= 0.6 is 0 Å². The molecule has 0 aromatic carbocycles. The Bertz CT molecular complexity index is 671. The molecule has 0 aliphatic carbocycles. The number of aryl methyl sites for hydroxylation is 1. The van der Waals surface area contributed by atoms with E-state index >= 15 is 0 Å². The Labute approximate surface area is 149 Å². The summed E-state index contributed by atoms with van der Waals surface area (Å²) in [6.07, 6.45) is 3.77. The average molecular weight is 341 g/mol. The Morgan fingerprint density at radius 1 is 1.24 bits per heavy atom. The van der Waals surface area contributed by atoms with Gasteiger partial charge in [-0.25, -0.2) is 9.97 Å². The molecule has 0 spiro atoms. The molecule has 3 heterocycles. The summed E-state index contributed by atoms with van der Waals surface area (Å²) < 4.78 is 5.51. The van der Waals surface area contributed by atoms with Crippen LogP contribution in [0.25, 0.3) is 0 Å². The number of anilines is 1. The van der Waals surface area contributed by atoms with Crippen molar-refractivity contribution in [1.29, 1.82) is 0 Å². The molecule has 0 bridgehead atoms. The van der Waals surface area contributed by atoms with Gasteiger partial charge in [-0.05, 0) is 24.5 Å². The number of hydrogen-bond donors (Lipinski definition) is 1. The maximum absolute atomic E-state index is 5.51. The van der Waals surface area contributed by atoms with E-state index in [-0.39, 0.29) is 6.04 Å². The van der Waals surface area contributed by atoms with E-state index in [1.54, 1.807) is 0 Å². The molecule has 6 nitrogen and oxygen atoms in total. The number of aromatic nitrogens is 3. The molecular weight excluding hydrogens is 314 g/mol. The first-order valence-corrected chi connectivity index (χ1v) is 8.94.